The van der Waals surface area contributed by atoms with Gasteiger partial charge >= 0.3 is 0 Å². The van der Waals surface area contributed by atoms with Gasteiger partial charge in [-0.25, -0.2) is 4.39 Å². The van der Waals surface area contributed by atoms with Crippen molar-refractivity contribution >= 4 is 17.3 Å². The Morgan fingerprint density at radius 1 is 1.38 bits per heavy atom. The van der Waals surface area contributed by atoms with E-state index in [1.165, 1.54) is 6.07 Å². The summed E-state index contributed by atoms with van der Waals surface area (Å²) in [4.78, 5) is 5.40. The van der Waals surface area contributed by atoms with Gasteiger partial charge in [0, 0.05) is 22.7 Å². The van der Waals surface area contributed by atoms with Crippen LogP contribution in [-0.2, 0) is 11.4 Å². The summed E-state index contributed by atoms with van der Waals surface area (Å²) in [6.45, 7) is 4.54. The summed E-state index contributed by atoms with van der Waals surface area (Å²) < 4.78 is 15.8. The van der Waals surface area contributed by atoms with Gasteiger partial charge in [0.1, 0.15) is 5.82 Å². The van der Waals surface area contributed by atoms with E-state index in [1.807, 2.05) is 24.6 Å². The molecule has 1 aromatic carbocycles. The normalized spacial score (nSPS) is 17.7. The lowest BCUT2D eigenvalue weighted by Gasteiger charge is -2.09. The molecule has 1 atom stereocenters. The summed E-state index contributed by atoms with van der Waals surface area (Å²) in [7, 11) is 0. The molecule has 0 saturated heterocycles. The summed E-state index contributed by atoms with van der Waals surface area (Å²) in [5.74, 6) is -0.378. The van der Waals surface area contributed by atoms with Gasteiger partial charge in [0.25, 0.3) is 0 Å². The second-order valence-corrected chi connectivity index (χ2v) is 5.64. The molecule has 1 aliphatic rings. The van der Waals surface area contributed by atoms with Crippen LogP contribution in [0.1, 0.15) is 23.4 Å². The van der Waals surface area contributed by atoms with Crippen molar-refractivity contribution in [3.63, 3.8) is 0 Å². The second kappa shape index (κ2) is 5.48. The maximum Gasteiger partial charge on any atom is 0.152 e. The molecule has 0 radical (unpaired) electrons. The van der Waals surface area contributed by atoms with Crippen LogP contribution in [0.25, 0.3) is 0 Å². The molecule has 0 bridgehead atoms. The van der Waals surface area contributed by atoms with Crippen LogP contribution < -0.4 is 0 Å². The fourth-order valence-corrected chi connectivity index (χ4v) is 2.62. The molecule has 2 aromatic rings. The van der Waals surface area contributed by atoms with Crippen molar-refractivity contribution in [3.8, 4) is 0 Å². The highest BCUT2D eigenvalue weighted by Gasteiger charge is 2.25. The Bertz CT molecular complexity index is 711. The minimum atomic E-state index is -0.378. The van der Waals surface area contributed by atoms with E-state index in [2.05, 4.69) is 10.3 Å². The van der Waals surface area contributed by atoms with E-state index in [0.29, 0.717) is 29.3 Å². The minimum Gasteiger partial charge on any atom is -0.390 e. The molecule has 0 fully saturated rings. The summed E-state index contributed by atoms with van der Waals surface area (Å²) in [6, 6.07) is 6.58. The number of nitrogens with zero attached hydrogens (tertiary/aromatic N) is 3. The van der Waals surface area contributed by atoms with Crippen molar-refractivity contribution in [1.82, 2.24) is 9.78 Å². The highest BCUT2D eigenvalue weighted by atomic mass is 35.5. The molecule has 0 N–H and O–H groups in total. The summed E-state index contributed by atoms with van der Waals surface area (Å²) in [6.07, 6.45) is 0.421. The molecule has 0 saturated carbocycles. The number of hydrogen-bond acceptors (Lipinski definition) is 3. The predicted molar refractivity (Wildman–Crippen MR) is 79.1 cm³/mol. The number of aromatic nitrogens is 2. The predicted octanol–water partition coefficient (Wildman–Crippen LogP) is 3.49. The monoisotopic (exact) mass is 307 g/mol. The molecule has 21 heavy (non-hydrogen) atoms. The zero-order valence-electron chi connectivity index (χ0n) is 11.8. The van der Waals surface area contributed by atoms with Gasteiger partial charge in [-0.2, -0.15) is 5.10 Å². The van der Waals surface area contributed by atoms with Crippen molar-refractivity contribution in [2.75, 3.05) is 0 Å². The van der Waals surface area contributed by atoms with Crippen LogP contribution in [0.4, 0.5) is 4.39 Å². The van der Waals surface area contributed by atoms with Crippen molar-refractivity contribution in [3.05, 3.63) is 52.1 Å². The molecule has 0 amide bonds. The number of halogens is 2. The molecule has 0 unspecified atom stereocenters. The van der Waals surface area contributed by atoms with Gasteiger partial charge in [-0.1, -0.05) is 16.8 Å². The Morgan fingerprint density at radius 2 is 2.19 bits per heavy atom. The lowest BCUT2D eigenvalue weighted by atomic mass is 10.0. The van der Waals surface area contributed by atoms with E-state index in [9.17, 15) is 4.39 Å². The molecule has 110 valence electrons. The standard InChI is InChI=1S/C15H15ClFN3O/c1-9-5-10(2)20(18-9)8-12-7-15(19-21-12)13-4-3-11(16)6-14(13)17/h3-6,12H,7-8H2,1-2H3/t12-/m1/s1. The second-order valence-electron chi connectivity index (χ2n) is 5.20. The highest BCUT2D eigenvalue weighted by Crippen LogP contribution is 2.22. The molecule has 4 nitrogen and oxygen atoms in total. The van der Waals surface area contributed by atoms with Gasteiger partial charge in [-0.15, -0.1) is 0 Å². The van der Waals surface area contributed by atoms with Crippen LogP contribution in [0.5, 0.6) is 0 Å². The van der Waals surface area contributed by atoms with E-state index >= 15 is 0 Å². The van der Waals surface area contributed by atoms with Crippen LogP contribution in [0.3, 0.4) is 0 Å². The van der Waals surface area contributed by atoms with Crippen LogP contribution in [-0.4, -0.2) is 21.6 Å². The van der Waals surface area contributed by atoms with Gasteiger partial charge in [-0.3, -0.25) is 4.68 Å². The molecule has 1 aromatic heterocycles. The lowest BCUT2D eigenvalue weighted by Crippen LogP contribution is -2.19. The van der Waals surface area contributed by atoms with E-state index < -0.39 is 0 Å². The van der Waals surface area contributed by atoms with Crippen molar-refractivity contribution in [2.45, 2.75) is 32.9 Å². The SMILES string of the molecule is Cc1cc(C)n(C[C@H]2CC(c3ccc(Cl)cc3F)=NO2)n1. The lowest BCUT2D eigenvalue weighted by molar-refractivity contribution is 0.0692. The zero-order valence-corrected chi connectivity index (χ0v) is 12.6. The number of aryl methyl sites for hydroxylation is 2. The van der Waals surface area contributed by atoms with Gasteiger partial charge in [-0.05, 0) is 38.1 Å². The number of oxime groups is 1. The fourth-order valence-electron chi connectivity index (χ4n) is 2.46. The molecule has 0 spiro atoms. The van der Waals surface area contributed by atoms with Crippen LogP contribution in [0.2, 0.25) is 5.02 Å². The maximum atomic E-state index is 13.9. The fraction of sp³-hybridized carbons (Fsp3) is 0.333. The first kappa shape index (κ1) is 14.1. The summed E-state index contributed by atoms with van der Waals surface area (Å²) in [5, 5.41) is 8.77. The highest BCUT2D eigenvalue weighted by molar-refractivity contribution is 6.30. The van der Waals surface area contributed by atoms with Crippen LogP contribution >= 0.6 is 11.6 Å². The van der Waals surface area contributed by atoms with Crippen LogP contribution in [0.15, 0.2) is 29.4 Å². The van der Waals surface area contributed by atoms with E-state index in [1.54, 1.807) is 12.1 Å². The minimum absolute atomic E-state index is 0.131. The zero-order chi connectivity index (χ0) is 15.0. The first-order valence-electron chi connectivity index (χ1n) is 6.72. The summed E-state index contributed by atoms with van der Waals surface area (Å²) in [5.41, 5.74) is 3.09. The Labute approximate surface area is 127 Å². The quantitative estimate of drug-likeness (QED) is 0.871. The molecule has 2 heterocycles. The van der Waals surface area contributed by atoms with Gasteiger partial charge in [0.05, 0.1) is 18.0 Å². The van der Waals surface area contributed by atoms with Gasteiger partial charge in [0.15, 0.2) is 6.10 Å². The van der Waals surface area contributed by atoms with E-state index in [-0.39, 0.29) is 11.9 Å². The molecule has 1 aliphatic heterocycles. The molecular formula is C15H15ClFN3O. The van der Waals surface area contributed by atoms with E-state index in [0.717, 1.165) is 11.4 Å². The third-order valence-corrected chi connectivity index (χ3v) is 3.69. The van der Waals surface area contributed by atoms with Crippen molar-refractivity contribution < 1.29 is 9.23 Å². The Balaban J connectivity index is 1.71. The Kier molecular flexibility index (Phi) is 3.68. The maximum absolute atomic E-state index is 13.9. The van der Waals surface area contributed by atoms with Gasteiger partial charge < -0.3 is 4.84 Å². The third-order valence-electron chi connectivity index (χ3n) is 3.45. The number of benzene rings is 1. The smallest absolute Gasteiger partial charge is 0.152 e. The molecule has 0 aliphatic carbocycles. The Hall–Kier alpha value is -1.88. The first-order chi connectivity index (χ1) is 10.0. The Morgan fingerprint density at radius 3 is 2.86 bits per heavy atom. The van der Waals surface area contributed by atoms with Crippen molar-refractivity contribution in [1.29, 1.82) is 0 Å². The topological polar surface area (TPSA) is 39.4 Å². The van der Waals surface area contributed by atoms with E-state index in [4.69, 9.17) is 16.4 Å². The molecular weight excluding hydrogens is 293 g/mol. The average molecular weight is 308 g/mol. The summed E-state index contributed by atoms with van der Waals surface area (Å²) >= 11 is 5.76. The molecule has 6 heteroatoms. The largest absolute Gasteiger partial charge is 0.390 e. The van der Waals surface area contributed by atoms with Crippen LogP contribution in [0, 0.1) is 19.7 Å². The number of rotatable bonds is 3. The average Bonchev–Trinajstić information content (AvgIpc) is 2.97. The van der Waals surface area contributed by atoms with Gasteiger partial charge in [0.2, 0.25) is 0 Å². The third kappa shape index (κ3) is 2.93. The number of hydrogen-bond donors (Lipinski definition) is 0. The van der Waals surface area contributed by atoms with Crippen molar-refractivity contribution in [2.24, 2.45) is 5.16 Å². The molecule has 3 rings (SSSR count). The first-order valence-corrected chi connectivity index (χ1v) is 7.10.